The molecule has 0 unspecified atom stereocenters. The maximum Gasteiger partial charge on any atom is 0.251 e. The average Bonchev–Trinajstić information content (AvgIpc) is 3.23. The van der Waals surface area contributed by atoms with Gasteiger partial charge in [-0.15, -0.1) is 11.3 Å². The first-order chi connectivity index (χ1) is 13.0. The SMILES string of the molecule is CCCc1cc(=O)[nH]c(SCC(=O)c2cc(C)n(Cc3cccs3)c2C)n1. The van der Waals surface area contributed by atoms with E-state index in [-0.39, 0.29) is 17.1 Å². The van der Waals surface area contributed by atoms with Crippen molar-refractivity contribution in [2.75, 3.05) is 5.75 Å². The van der Waals surface area contributed by atoms with Crippen molar-refractivity contribution in [2.45, 2.75) is 45.3 Å². The highest BCUT2D eigenvalue weighted by Crippen LogP contribution is 2.22. The quantitative estimate of drug-likeness (QED) is 0.348. The molecular formula is C20H23N3O2S2. The molecule has 0 amide bonds. The molecular weight excluding hydrogens is 378 g/mol. The topological polar surface area (TPSA) is 67.8 Å². The van der Waals surface area contributed by atoms with Crippen LogP contribution in [0, 0.1) is 13.8 Å². The predicted octanol–water partition coefficient (Wildman–Crippen LogP) is 4.23. The van der Waals surface area contributed by atoms with E-state index < -0.39 is 0 Å². The summed E-state index contributed by atoms with van der Waals surface area (Å²) in [6, 6.07) is 7.62. The van der Waals surface area contributed by atoms with Gasteiger partial charge in [0, 0.05) is 33.6 Å². The van der Waals surface area contributed by atoms with Gasteiger partial charge in [-0.3, -0.25) is 9.59 Å². The number of carbonyl (C=O) groups is 1. The Morgan fingerprint density at radius 1 is 1.33 bits per heavy atom. The number of nitrogens with one attached hydrogen (secondary N) is 1. The van der Waals surface area contributed by atoms with Crippen LogP contribution in [0.25, 0.3) is 0 Å². The van der Waals surface area contributed by atoms with E-state index in [1.165, 1.54) is 22.7 Å². The fourth-order valence-corrected chi connectivity index (χ4v) is 4.50. The largest absolute Gasteiger partial charge is 0.343 e. The molecule has 142 valence electrons. The number of thioether (sulfide) groups is 1. The maximum atomic E-state index is 12.8. The second-order valence-electron chi connectivity index (χ2n) is 6.45. The summed E-state index contributed by atoms with van der Waals surface area (Å²) in [7, 11) is 0. The van der Waals surface area contributed by atoms with E-state index in [9.17, 15) is 9.59 Å². The van der Waals surface area contributed by atoms with Crippen molar-refractivity contribution in [3.63, 3.8) is 0 Å². The number of H-pyrrole nitrogens is 1. The van der Waals surface area contributed by atoms with Crippen LogP contribution in [0.3, 0.4) is 0 Å². The fourth-order valence-electron chi connectivity index (χ4n) is 3.03. The maximum absolute atomic E-state index is 12.8. The van der Waals surface area contributed by atoms with Gasteiger partial charge in [0.05, 0.1) is 12.3 Å². The summed E-state index contributed by atoms with van der Waals surface area (Å²) in [4.78, 5) is 32.9. The highest BCUT2D eigenvalue weighted by Gasteiger charge is 2.17. The molecule has 3 rings (SSSR count). The number of aromatic nitrogens is 3. The van der Waals surface area contributed by atoms with Gasteiger partial charge in [0.15, 0.2) is 10.9 Å². The van der Waals surface area contributed by atoms with Crippen molar-refractivity contribution in [1.29, 1.82) is 0 Å². The van der Waals surface area contributed by atoms with E-state index in [1.54, 1.807) is 11.3 Å². The molecule has 27 heavy (non-hydrogen) atoms. The van der Waals surface area contributed by atoms with Crippen LogP contribution in [0.1, 0.15) is 45.7 Å². The van der Waals surface area contributed by atoms with Gasteiger partial charge in [-0.1, -0.05) is 31.2 Å². The third kappa shape index (κ3) is 4.78. The monoisotopic (exact) mass is 401 g/mol. The summed E-state index contributed by atoms with van der Waals surface area (Å²) in [5.74, 6) is 0.302. The Balaban J connectivity index is 1.72. The van der Waals surface area contributed by atoms with Crippen molar-refractivity contribution >= 4 is 28.9 Å². The number of nitrogens with zero attached hydrogens (tertiary/aromatic N) is 2. The zero-order valence-electron chi connectivity index (χ0n) is 15.7. The van der Waals surface area contributed by atoms with Gasteiger partial charge in [0.1, 0.15) is 0 Å². The number of aryl methyl sites for hydroxylation is 2. The van der Waals surface area contributed by atoms with Gasteiger partial charge in [0.2, 0.25) is 0 Å². The predicted molar refractivity (Wildman–Crippen MR) is 111 cm³/mol. The molecule has 1 N–H and O–H groups in total. The minimum absolute atomic E-state index is 0.0501. The van der Waals surface area contributed by atoms with Crippen molar-refractivity contribution < 1.29 is 4.79 Å². The van der Waals surface area contributed by atoms with E-state index in [2.05, 4.69) is 26.0 Å². The van der Waals surface area contributed by atoms with E-state index in [0.29, 0.717) is 5.16 Å². The second-order valence-corrected chi connectivity index (χ2v) is 8.45. The van der Waals surface area contributed by atoms with E-state index in [4.69, 9.17) is 0 Å². The first kappa shape index (κ1) is 19.6. The average molecular weight is 402 g/mol. The van der Waals surface area contributed by atoms with Crippen LogP contribution in [0.4, 0.5) is 0 Å². The zero-order chi connectivity index (χ0) is 19.4. The summed E-state index contributed by atoms with van der Waals surface area (Å²) >= 11 is 3.00. The molecule has 3 aromatic rings. The molecule has 3 aromatic heterocycles. The van der Waals surface area contributed by atoms with Gasteiger partial charge >= 0.3 is 0 Å². The Hall–Kier alpha value is -2.12. The molecule has 5 nitrogen and oxygen atoms in total. The zero-order valence-corrected chi connectivity index (χ0v) is 17.4. The molecule has 0 aliphatic heterocycles. The molecule has 0 bridgehead atoms. The number of thiophene rings is 1. The van der Waals surface area contributed by atoms with Crippen LogP contribution < -0.4 is 5.56 Å². The smallest absolute Gasteiger partial charge is 0.251 e. The molecule has 0 fully saturated rings. The van der Waals surface area contributed by atoms with Crippen molar-refractivity contribution in [3.8, 4) is 0 Å². The van der Waals surface area contributed by atoms with Gasteiger partial charge < -0.3 is 9.55 Å². The minimum Gasteiger partial charge on any atom is -0.343 e. The third-order valence-electron chi connectivity index (χ3n) is 4.39. The Labute approximate surface area is 166 Å². The second kappa shape index (κ2) is 8.71. The van der Waals surface area contributed by atoms with E-state index >= 15 is 0 Å². The molecule has 0 aliphatic carbocycles. The first-order valence-electron chi connectivity index (χ1n) is 8.93. The Morgan fingerprint density at radius 3 is 2.85 bits per heavy atom. The highest BCUT2D eigenvalue weighted by atomic mass is 32.2. The summed E-state index contributed by atoms with van der Waals surface area (Å²) in [6.07, 6.45) is 1.69. The van der Waals surface area contributed by atoms with Crippen molar-refractivity contribution in [2.24, 2.45) is 0 Å². The lowest BCUT2D eigenvalue weighted by atomic mass is 10.2. The number of hydrogen-bond donors (Lipinski definition) is 1. The van der Waals surface area contributed by atoms with Crippen LogP contribution in [-0.4, -0.2) is 26.1 Å². The number of ketones is 1. The number of aromatic amines is 1. The molecule has 7 heteroatoms. The number of carbonyl (C=O) groups excluding carboxylic acids is 1. The van der Waals surface area contributed by atoms with Crippen LogP contribution in [0.15, 0.2) is 39.6 Å². The fraction of sp³-hybridized carbons (Fsp3) is 0.350. The lowest BCUT2D eigenvalue weighted by Gasteiger charge is -2.08. The molecule has 0 radical (unpaired) electrons. The van der Waals surface area contributed by atoms with Gasteiger partial charge in [-0.25, -0.2) is 4.98 Å². The van der Waals surface area contributed by atoms with Gasteiger partial charge in [-0.2, -0.15) is 0 Å². The van der Waals surface area contributed by atoms with Crippen LogP contribution in [0.5, 0.6) is 0 Å². The number of hydrogen-bond acceptors (Lipinski definition) is 5. The molecule has 0 spiro atoms. The van der Waals surface area contributed by atoms with Gasteiger partial charge in [-0.05, 0) is 37.8 Å². The van der Waals surface area contributed by atoms with E-state index in [1.807, 2.05) is 32.9 Å². The lowest BCUT2D eigenvalue weighted by Crippen LogP contribution is -2.12. The van der Waals surface area contributed by atoms with Gasteiger partial charge in [0.25, 0.3) is 5.56 Å². The number of rotatable bonds is 8. The van der Waals surface area contributed by atoms with Crippen molar-refractivity contribution in [3.05, 3.63) is 67.5 Å². The standard InChI is InChI=1S/C20H23N3O2S2/c1-4-6-15-10-19(25)22-20(21-15)27-12-18(24)17-9-13(2)23(14(17)3)11-16-7-5-8-26-16/h5,7-10H,4,6,11-12H2,1-3H3,(H,21,22,25). The molecule has 0 aliphatic rings. The van der Waals surface area contributed by atoms with Crippen LogP contribution >= 0.6 is 23.1 Å². The Kier molecular flexibility index (Phi) is 6.34. The molecule has 0 atom stereocenters. The highest BCUT2D eigenvalue weighted by molar-refractivity contribution is 7.99. The molecule has 3 heterocycles. The Bertz CT molecular complexity index is 987. The summed E-state index contributed by atoms with van der Waals surface area (Å²) < 4.78 is 2.17. The van der Waals surface area contributed by atoms with Crippen LogP contribution in [-0.2, 0) is 13.0 Å². The number of Topliss-reactive ketones (excluding diaryl/α,β-unsaturated/α-hetero) is 1. The summed E-state index contributed by atoms with van der Waals surface area (Å²) in [5.41, 5.74) is 3.39. The lowest BCUT2D eigenvalue weighted by molar-refractivity contribution is 0.102. The normalized spacial score (nSPS) is 11.1. The molecule has 0 saturated carbocycles. The third-order valence-corrected chi connectivity index (χ3v) is 6.12. The molecule has 0 saturated heterocycles. The minimum atomic E-state index is -0.169. The molecule has 0 aromatic carbocycles. The summed E-state index contributed by atoms with van der Waals surface area (Å²) in [6.45, 7) is 6.84. The first-order valence-corrected chi connectivity index (χ1v) is 10.8. The van der Waals surface area contributed by atoms with E-state index in [0.717, 1.165) is 42.0 Å². The summed E-state index contributed by atoms with van der Waals surface area (Å²) in [5, 5.41) is 2.57. The van der Waals surface area contributed by atoms with Crippen molar-refractivity contribution in [1.82, 2.24) is 14.5 Å². The van der Waals surface area contributed by atoms with Crippen LogP contribution in [0.2, 0.25) is 0 Å². The Morgan fingerprint density at radius 2 is 2.15 bits per heavy atom.